The van der Waals surface area contributed by atoms with Gasteiger partial charge >= 0.3 is 0 Å². The Kier molecular flexibility index (Phi) is 4.80. The highest BCUT2D eigenvalue weighted by atomic mass is 35.5. The number of rotatable bonds is 2. The van der Waals surface area contributed by atoms with E-state index in [9.17, 15) is 0 Å². The Morgan fingerprint density at radius 3 is 2.50 bits per heavy atom. The van der Waals surface area contributed by atoms with Crippen molar-refractivity contribution < 1.29 is 0 Å². The number of thiocarbonyl (C=S) groups is 1. The first kappa shape index (κ1) is 13.5. The van der Waals surface area contributed by atoms with E-state index in [2.05, 4.69) is 22.7 Å². The summed E-state index contributed by atoms with van der Waals surface area (Å²) < 4.78 is 0. The highest BCUT2D eigenvalue weighted by Gasteiger charge is 2.10. The number of hydrogen-bond donors (Lipinski definition) is 2. The molecule has 7 heteroatoms. The number of benzene rings is 1. The van der Waals surface area contributed by atoms with E-state index in [1.54, 1.807) is 19.1 Å². The predicted octanol–water partition coefficient (Wildman–Crippen LogP) is 3.20. The predicted molar refractivity (Wildman–Crippen MR) is 73.6 cm³/mol. The van der Waals surface area contributed by atoms with E-state index in [0.717, 1.165) is 0 Å². The number of nitrogens with one attached hydrogen (secondary N) is 1. The summed E-state index contributed by atoms with van der Waals surface area (Å²) in [5.74, 6) is 0. The molecular weight excluding hydrogens is 289 g/mol. The smallest absolute Gasteiger partial charge is 0.184 e. The third-order valence-corrected chi connectivity index (χ3v) is 3.14. The molecule has 0 unspecified atom stereocenters. The van der Waals surface area contributed by atoms with E-state index in [4.69, 9.17) is 40.5 Å². The summed E-state index contributed by atoms with van der Waals surface area (Å²) in [5.41, 5.74) is 8.99. The lowest BCUT2D eigenvalue weighted by Gasteiger charge is -2.07. The van der Waals surface area contributed by atoms with E-state index < -0.39 is 0 Å². The van der Waals surface area contributed by atoms with Crippen molar-refractivity contribution in [3.63, 3.8) is 0 Å². The number of nitrogens with two attached hydrogens (primary N) is 1. The number of hydrazone groups is 1. The normalized spacial score (nSPS) is 11.4. The van der Waals surface area contributed by atoms with Gasteiger partial charge in [-0.1, -0.05) is 40.9 Å². The van der Waals surface area contributed by atoms with Crippen LogP contribution in [0.25, 0.3) is 0 Å². The zero-order valence-electron chi connectivity index (χ0n) is 8.22. The first-order valence-electron chi connectivity index (χ1n) is 4.17. The van der Waals surface area contributed by atoms with Crippen molar-refractivity contribution in [2.24, 2.45) is 10.8 Å². The molecule has 3 nitrogen and oxygen atoms in total. The summed E-state index contributed by atoms with van der Waals surface area (Å²) in [4.78, 5) is 0. The molecule has 86 valence electrons. The standard InChI is InChI=1S/C9H8Cl3N3S/c1-4(14-15-9(13)16)5-2-3-6(10)8(12)7(5)11/h2-3H,1H3,(H3,13,15,16)/b14-4+. The van der Waals surface area contributed by atoms with E-state index in [1.807, 2.05) is 0 Å². The third-order valence-electron chi connectivity index (χ3n) is 1.76. The molecule has 0 radical (unpaired) electrons. The second-order valence-electron chi connectivity index (χ2n) is 2.90. The van der Waals surface area contributed by atoms with Gasteiger partial charge in [-0.25, -0.2) is 0 Å². The van der Waals surface area contributed by atoms with Crippen molar-refractivity contribution in [1.29, 1.82) is 0 Å². The van der Waals surface area contributed by atoms with Gasteiger partial charge in [0.15, 0.2) is 5.11 Å². The summed E-state index contributed by atoms with van der Waals surface area (Å²) >= 11 is 22.3. The quantitative estimate of drug-likeness (QED) is 0.381. The van der Waals surface area contributed by atoms with Crippen molar-refractivity contribution in [1.82, 2.24) is 5.43 Å². The summed E-state index contributed by atoms with van der Waals surface area (Å²) in [6.45, 7) is 1.75. The average Bonchev–Trinajstić information content (AvgIpc) is 2.23. The van der Waals surface area contributed by atoms with Crippen LogP contribution in [0.4, 0.5) is 0 Å². The maximum Gasteiger partial charge on any atom is 0.184 e. The second-order valence-corrected chi connectivity index (χ2v) is 4.50. The van der Waals surface area contributed by atoms with Crippen molar-refractivity contribution in [2.75, 3.05) is 0 Å². The van der Waals surface area contributed by atoms with Gasteiger partial charge in [0.25, 0.3) is 0 Å². The Balaban J connectivity index is 3.10. The van der Waals surface area contributed by atoms with Crippen LogP contribution in [0.15, 0.2) is 17.2 Å². The van der Waals surface area contributed by atoms with Gasteiger partial charge in [-0.3, -0.25) is 5.43 Å². The largest absolute Gasteiger partial charge is 0.375 e. The number of halogens is 3. The lowest BCUT2D eigenvalue weighted by Crippen LogP contribution is -2.25. The molecule has 0 aliphatic heterocycles. The van der Waals surface area contributed by atoms with E-state index >= 15 is 0 Å². The molecule has 3 N–H and O–H groups in total. The number of hydrogen-bond acceptors (Lipinski definition) is 2. The molecule has 0 bridgehead atoms. The van der Waals surface area contributed by atoms with Crippen molar-refractivity contribution >= 4 is 57.8 Å². The maximum atomic E-state index is 6.02. The van der Waals surface area contributed by atoms with Gasteiger partial charge in [0.05, 0.1) is 20.8 Å². The average molecular weight is 297 g/mol. The SMILES string of the molecule is C/C(=N\NC(N)=S)c1ccc(Cl)c(Cl)c1Cl. The molecule has 0 saturated heterocycles. The molecule has 0 heterocycles. The highest BCUT2D eigenvalue weighted by molar-refractivity contribution is 7.80. The minimum Gasteiger partial charge on any atom is -0.375 e. The Morgan fingerprint density at radius 2 is 1.94 bits per heavy atom. The van der Waals surface area contributed by atoms with Crippen LogP contribution in [0.1, 0.15) is 12.5 Å². The maximum absolute atomic E-state index is 6.02. The minimum atomic E-state index is 0.0792. The fraction of sp³-hybridized carbons (Fsp3) is 0.111. The van der Waals surface area contributed by atoms with Gasteiger partial charge in [0.2, 0.25) is 0 Å². The minimum absolute atomic E-state index is 0.0792. The van der Waals surface area contributed by atoms with Crippen LogP contribution in [0.2, 0.25) is 15.1 Å². The van der Waals surface area contributed by atoms with Crippen LogP contribution in [0, 0.1) is 0 Å². The first-order valence-corrected chi connectivity index (χ1v) is 5.71. The molecule has 0 aliphatic rings. The molecular formula is C9H8Cl3N3S. The van der Waals surface area contributed by atoms with Crippen LogP contribution in [-0.4, -0.2) is 10.8 Å². The van der Waals surface area contributed by atoms with Crippen LogP contribution in [0.5, 0.6) is 0 Å². The molecule has 0 amide bonds. The molecule has 0 saturated carbocycles. The molecule has 1 rings (SSSR count). The van der Waals surface area contributed by atoms with Crippen LogP contribution in [0.3, 0.4) is 0 Å². The Bertz CT molecular complexity index is 460. The fourth-order valence-electron chi connectivity index (χ4n) is 1.00. The molecule has 0 atom stereocenters. The van der Waals surface area contributed by atoms with Gasteiger partial charge < -0.3 is 5.73 Å². The van der Waals surface area contributed by atoms with E-state index in [0.29, 0.717) is 26.3 Å². The lowest BCUT2D eigenvalue weighted by molar-refractivity contribution is 1.03. The van der Waals surface area contributed by atoms with Gasteiger partial charge in [0.1, 0.15) is 0 Å². The van der Waals surface area contributed by atoms with E-state index in [1.165, 1.54) is 0 Å². The molecule has 0 aromatic heterocycles. The molecule has 0 spiro atoms. The van der Waals surface area contributed by atoms with Crippen LogP contribution < -0.4 is 11.2 Å². The highest BCUT2D eigenvalue weighted by Crippen LogP contribution is 2.32. The van der Waals surface area contributed by atoms with Crippen molar-refractivity contribution in [3.05, 3.63) is 32.8 Å². The molecule has 0 aliphatic carbocycles. The van der Waals surface area contributed by atoms with Gasteiger partial charge in [-0.15, -0.1) is 0 Å². The van der Waals surface area contributed by atoms with Gasteiger partial charge in [-0.2, -0.15) is 5.10 Å². The molecule has 1 aromatic rings. The monoisotopic (exact) mass is 295 g/mol. The summed E-state index contributed by atoms with van der Waals surface area (Å²) in [5, 5.41) is 5.06. The van der Waals surface area contributed by atoms with Crippen LogP contribution in [-0.2, 0) is 0 Å². The Hall–Kier alpha value is -0.550. The first-order chi connectivity index (χ1) is 7.43. The molecule has 0 fully saturated rings. The second kappa shape index (κ2) is 5.68. The Morgan fingerprint density at radius 1 is 1.31 bits per heavy atom. The van der Waals surface area contributed by atoms with E-state index in [-0.39, 0.29) is 5.11 Å². The third kappa shape index (κ3) is 3.22. The molecule has 1 aromatic carbocycles. The lowest BCUT2D eigenvalue weighted by atomic mass is 10.1. The fourth-order valence-corrected chi connectivity index (χ4v) is 1.72. The molecule has 16 heavy (non-hydrogen) atoms. The van der Waals surface area contributed by atoms with Crippen molar-refractivity contribution in [3.8, 4) is 0 Å². The topological polar surface area (TPSA) is 50.4 Å². The van der Waals surface area contributed by atoms with Gasteiger partial charge in [-0.05, 0) is 25.2 Å². The zero-order valence-corrected chi connectivity index (χ0v) is 11.3. The summed E-state index contributed by atoms with van der Waals surface area (Å²) in [7, 11) is 0. The summed E-state index contributed by atoms with van der Waals surface area (Å²) in [6, 6.07) is 3.36. The van der Waals surface area contributed by atoms with Crippen molar-refractivity contribution in [2.45, 2.75) is 6.92 Å². The van der Waals surface area contributed by atoms with Crippen LogP contribution >= 0.6 is 47.0 Å². The van der Waals surface area contributed by atoms with Gasteiger partial charge in [0, 0.05) is 5.56 Å². The zero-order chi connectivity index (χ0) is 12.3. The number of nitrogens with zero attached hydrogens (tertiary/aromatic N) is 1. The summed E-state index contributed by atoms with van der Waals surface area (Å²) in [6.07, 6.45) is 0. The Labute approximate surface area is 114 Å².